The summed E-state index contributed by atoms with van der Waals surface area (Å²) in [5.74, 6) is 0. The number of epoxide rings is 1. The molecule has 0 radical (unpaired) electrons. The van der Waals surface area contributed by atoms with Gasteiger partial charge in [0.2, 0.25) is 0 Å². The fourth-order valence-corrected chi connectivity index (χ4v) is 4.43. The molecule has 0 aromatic heterocycles. The lowest BCUT2D eigenvalue weighted by Gasteiger charge is -2.22. The van der Waals surface area contributed by atoms with Crippen molar-refractivity contribution in [3.8, 4) is 0 Å². The van der Waals surface area contributed by atoms with E-state index in [4.69, 9.17) is 14.2 Å². The average molecular weight is 355 g/mol. The van der Waals surface area contributed by atoms with Gasteiger partial charge in [0.1, 0.15) is 6.10 Å². The molecule has 4 nitrogen and oxygen atoms in total. The van der Waals surface area contributed by atoms with Crippen molar-refractivity contribution >= 4 is 0 Å². The van der Waals surface area contributed by atoms with E-state index in [1.807, 2.05) is 0 Å². The van der Waals surface area contributed by atoms with Crippen LogP contribution in [0.25, 0.3) is 0 Å². The van der Waals surface area contributed by atoms with Crippen molar-refractivity contribution in [1.82, 2.24) is 0 Å². The fourth-order valence-electron chi connectivity index (χ4n) is 4.43. The Morgan fingerprint density at radius 1 is 0.760 bits per heavy atom. The number of hydrogen-bond acceptors (Lipinski definition) is 4. The molecular weight excluding hydrogens is 316 g/mol. The van der Waals surface area contributed by atoms with Crippen molar-refractivity contribution < 1.29 is 19.3 Å². The molecule has 0 aromatic carbocycles. The first-order valence-corrected chi connectivity index (χ1v) is 10.9. The third kappa shape index (κ3) is 6.20. The minimum absolute atomic E-state index is 0.0226. The molecule has 0 bridgehead atoms. The summed E-state index contributed by atoms with van der Waals surface area (Å²) in [7, 11) is 0. The molecule has 0 aromatic rings. The maximum absolute atomic E-state index is 10.4. The SMILES string of the molecule is CCCCCCCCCC[C@@H](O)[C@H]1CC[C@H]([C@H]2CC[C@H]([C@H]3CO3)O2)O1. The van der Waals surface area contributed by atoms with Gasteiger partial charge in [0.05, 0.1) is 37.1 Å². The largest absolute Gasteiger partial charge is 0.390 e. The van der Waals surface area contributed by atoms with Crippen molar-refractivity contribution in [3.05, 3.63) is 0 Å². The quantitative estimate of drug-likeness (QED) is 0.418. The second kappa shape index (κ2) is 10.2. The highest BCUT2D eigenvalue weighted by atomic mass is 16.6. The van der Waals surface area contributed by atoms with E-state index in [0.29, 0.717) is 6.10 Å². The van der Waals surface area contributed by atoms with Gasteiger partial charge >= 0.3 is 0 Å². The number of ether oxygens (including phenoxy) is 3. The normalized spacial score (nSPS) is 36.0. The third-order valence-electron chi connectivity index (χ3n) is 6.14. The first kappa shape index (κ1) is 19.6. The molecule has 0 spiro atoms. The summed E-state index contributed by atoms with van der Waals surface area (Å²) in [4.78, 5) is 0. The molecule has 0 amide bonds. The lowest BCUT2D eigenvalue weighted by molar-refractivity contribution is -0.0955. The fraction of sp³-hybridized carbons (Fsp3) is 1.00. The first-order valence-electron chi connectivity index (χ1n) is 10.9. The van der Waals surface area contributed by atoms with E-state index in [-0.39, 0.29) is 30.5 Å². The third-order valence-corrected chi connectivity index (χ3v) is 6.14. The summed E-state index contributed by atoms with van der Waals surface area (Å²) >= 11 is 0. The van der Waals surface area contributed by atoms with Crippen LogP contribution in [0.15, 0.2) is 0 Å². The van der Waals surface area contributed by atoms with Crippen LogP contribution in [-0.4, -0.2) is 48.3 Å². The van der Waals surface area contributed by atoms with E-state index in [2.05, 4.69) is 6.92 Å². The van der Waals surface area contributed by atoms with Crippen LogP contribution in [0.3, 0.4) is 0 Å². The van der Waals surface area contributed by atoms with Crippen molar-refractivity contribution in [2.45, 2.75) is 127 Å². The second-order valence-corrected chi connectivity index (χ2v) is 8.28. The molecule has 0 saturated carbocycles. The summed E-state index contributed by atoms with van der Waals surface area (Å²) in [5, 5.41) is 10.4. The van der Waals surface area contributed by atoms with E-state index < -0.39 is 0 Å². The van der Waals surface area contributed by atoms with Gasteiger partial charge in [-0.2, -0.15) is 0 Å². The summed E-state index contributed by atoms with van der Waals surface area (Å²) in [6.07, 6.45) is 16.3. The number of rotatable bonds is 12. The Morgan fingerprint density at radius 2 is 1.32 bits per heavy atom. The van der Waals surface area contributed by atoms with Crippen molar-refractivity contribution in [2.75, 3.05) is 6.61 Å². The molecular formula is C21H38O4. The van der Waals surface area contributed by atoms with Gasteiger partial charge in [0, 0.05) is 0 Å². The highest BCUT2D eigenvalue weighted by Gasteiger charge is 2.44. The topological polar surface area (TPSA) is 51.2 Å². The molecule has 1 N–H and O–H groups in total. The molecule has 25 heavy (non-hydrogen) atoms. The zero-order chi connectivity index (χ0) is 17.5. The Balaban J connectivity index is 1.23. The number of aliphatic hydroxyl groups is 1. The molecule has 4 heteroatoms. The van der Waals surface area contributed by atoms with Crippen LogP contribution in [0, 0.1) is 0 Å². The Hall–Kier alpha value is -0.160. The molecule has 3 fully saturated rings. The molecule has 3 rings (SSSR count). The van der Waals surface area contributed by atoms with Crippen LogP contribution in [-0.2, 0) is 14.2 Å². The highest BCUT2D eigenvalue weighted by molar-refractivity contribution is 4.91. The average Bonchev–Trinajstić information content (AvgIpc) is 3.15. The predicted octanol–water partition coefficient (Wildman–Crippen LogP) is 4.37. The first-order chi connectivity index (χ1) is 12.3. The van der Waals surface area contributed by atoms with E-state index in [1.165, 1.54) is 44.9 Å². The Labute approximate surface area is 153 Å². The van der Waals surface area contributed by atoms with Gasteiger partial charge in [0.25, 0.3) is 0 Å². The standard InChI is InChI=1S/C21H38O4/c1-2-3-4-5-6-7-8-9-10-16(22)17-11-12-18(24-17)19-13-14-20(25-19)21-15-23-21/h16-22H,2-15H2,1H3/t16-,17-,18-,19-,20-,21-/m1/s1. The Kier molecular flexibility index (Phi) is 8.03. The van der Waals surface area contributed by atoms with Crippen molar-refractivity contribution in [3.63, 3.8) is 0 Å². The van der Waals surface area contributed by atoms with Crippen LogP contribution in [0.5, 0.6) is 0 Å². The van der Waals surface area contributed by atoms with Crippen LogP contribution in [0.1, 0.15) is 90.4 Å². The molecule has 0 aliphatic carbocycles. The van der Waals surface area contributed by atoms with E-state index >= 15 is 0 Å². The van der Waals surface area contributed by atoms with Crippen molar-refractivity contribution in [2.24, 2.45) is 0 Å². The molecule has 6 atom stereocenters. The Morgan fingerprint density at radius 3 is 2.00 bits per heavy atom. The number of aliphatic hydroxyl groups excluding tert-OH is 1. The molecule has 3 aliphatic rings. The number of unbranched alkanes of at least 4 members (excludes halogenated alkanes) is 7. The van der Waals surface area contributed by atoms with Gasteiger partial charge in [-0.3, -0.25) is 0 Å². The monoisotopic (exact) mass is 354 g/mol. The maximum atomic E-state index is 10.4. The zero-order valence-electron chi connectivity index (χ0n) is 16.0. The zero-order valence-corrected chi connectivity index (χ0v) is 16.0. The van der Waals surface area contributed by atoms with Gasteiger partial charge in [-0.15, -0.1) is 0 Å². The van der Waals surface area contributed by atoms with Gasteiger partial charge < -0.3 is 19.3 Å². The summed E-state index contributed by atoms with van der Waals surface area (Å²) in [6.45, 7) is 3.12. The smallest absolute Gasteiger partial charge is 0.107 e. The van der Waals surface area contributed by atoms with Gasteiger partial charge in [-0.05, 0) is 32.1 Å². The molecule has 3 aliphatic heterocycles. The summed E-state index contributed by atoms with van der Waals surface area (Å²) < 4.78 is 17.6. The van der Waals surface area contributed by atoms with Crippen molar-refractivity contribution in [1.29, 1.82) is 0 Å². The van der Waals surface area contributed by atoms with Gasteiger partial charge in [-0.1, -0.05) is 58.3 Å². The number of hydrogen-bond donors (Lipinski definition) is 1. The summed E-state index contributed by atoms with van der Waals surface area (Å²) in [5.41, 5.74) is 0. The minimum Gasteiger partial charge on any atom is -0.390 e. The molecule has 3 saturated heterocycles. The van der Waals surface area contributed by atoms with Crippen LogP contribution >= 0.6 is 0 Å². The van der Waals surface area contributed by atoms with E-state index in [1.54, 1.807) is 0 Å². The van der Waals surface area contributed by atoms with E-state index in [9.17, 15) is 5.11 Å². The molecule has 3 heterocycles. The second-order valence-electron chi connectivity index (χ2n) is 8.28. The summed E-state index contributed by atoms with van der Waals surface area (Å²) in [6, 6.07) is 0. The van der Waals surface area contributed by atoms with Crippen LogP contribution < -0.4 is 0 Å². The van der Waals surface area contributed by atoms with Crippen LogP contribution in [0.4, 0.5) is 0 Å². The maximum Gasteiger partial charge on any atom is 0.107 e. The minimum atomic E-state index is -0.297. The van der Waals surface area contributed by atoms with Gasteiger partial charge in [-0.25, -0.2) is 0 Å². The van der Waals surface area contributed by atoms with Gasteiger partial charge in [0.15, 0.2) is 0 Å². The van der Waals surface area contributed by atoms with E-state index in [0.717, 1.165) is 45.1 Å². The Bertz CT molecular complexity index is 371. The van der Waals surface area contributed by atoms with Crippen LogP contribution in [0.2, 0.25) is 0 Å². The highest BCUT2D eigenvalue weighted by Crippen LogP contribution is 2.36. The molecule has 0 unspecified atom stereocenters. The lowest BCUT2D eigenvalue weighted by atomic mass is 10.0. The lowest BCUT2D eigenvalue weighted by Crippen LogP contribution is -2.31. The predicted molar refractivity (Wildman–Crippen MR) is 98.8 cm³/mol. The molecule has 146 valence electrons.